The lowest BCUT2D eigenvalue weighted by Gasteiger charge is -2.11. The van der Waals surface area contributed by atoms with E-state index in [0.717, 1.165) is 9.35 Å². The van der Waals surface area contributed by atoms with Crippen molar-refractivity contribution in [2.75, 3.05) is 11.6 Å². The Balaban J connectivity index is 1.84. The number of hydrogen-bond acceptors (Lipinski definition) is 6. The largest absolute Gasteiger partial charge is 0.374 e. The van der Waals surface area contributed by atoms with Gasteiger partial charge in [0.1, 0.15) is 10.8 Å². The van der Waals surface area contributed by atoms with Crippen molar-refractivity contribution in [2.24, 2.45) is 0 Å². The molecule has 0 radical (unpaired) electrons. The van der Waals surface area contributed by atoms with Gasteiger partial charge in [-0.3, -0.25) is 0 Å². The molecule has 2 heterocycles. The van der Waals surface area contributed by atoms with E-state index in [1.807, 2.05) is 12.3 Å². The van der Waals surface area contributed by atoms with Gasteiger partial charge in [0.05, 0.1) is 17.9 Å². The van der Waals surface area contributed by atoms with Crippen molar-refractivity contribution in [2.45, 2.75) is 10.9 Å². The van der Waals surface area contributed by atoms with Gasteiger partial charge in [-0.05, 0) is 24.5 Å². The number of thioether (sulfide) groups is 1. The Morgan fingerprint density at radius 3 is 2.95 bits per heavy atom. The highest BCUT2D eigenvalue weighted by atomic mass is 32.2. The van der Waals surface area contributed by atoms with Crippen LogP contribution >= 0.6 is 23.1 Å². The minimum absolute atomic E-state index is 0.322. The van der Waals surface area contributed by atoms with Crippen molar-refractivity contribution in [1.82, 2.24) is 20.0 Å². The van der Waals surface area contributed by atoms with Crippen LogP contribution in [0, 0.1) is 5.82 Å². The van der Waals surface area contributed by atoms with Gasteiger partial charge in [0.2, 0.25) is 0 Å². The summed E-state index contributed by atoms with van der Waals surface area (Å²) < 4.78 is 16.6. The Morgan fingerprint density at radius 2 is 2.24 bits per heavy atom. The average molecular weight is 321 g/mol. The van der Waals surface area contributed by atoms with Crippen LogP contribution in [0.25, 0.3) is 5.69 Å². The molecule has 0 aliphatic carbocycles. The molecule has 2 aromatic heterocycles. The molecule has 108 valence electrons. The van der Waals surface area contributed by atoms with Gasteiger partial charge in [0.25, 0.3) is 0 Å². The summed E-state index contributed by atoms with van der Waals surface area (Å²) in [7, 11) is 0. The third-order valence-corrected chi connectivity index (χ3v) is 4.68. The summed E-state index contributed by atoms with van der Waals surface area (Å²) in [6.45, 7) is 0.424. The van der Waals surface area contributed by atoms with Crippen molar-refractivity contribution in [3.8, 4) is 5.69 Å². The first-order valence-electron chi connectivity index (χ1n) is 6.16. The van der Waals surface area contributed by atoms with Gasteiger partial charge in [0, 0.05) is 12.4 Å². The Bertz CT molecular complexity index is 726. The quantitative estimate of drug-likeness (QED) is 0.731. The number of anilines is 1. The fourth-order valence-electron chi connectivity index (χ4n) is 1.85. The molecule has 0 aliphatic heterocycles. The molecule has 0 amide bonds. The first kappa shape index (κ1) is 14.0. The van der Waals surface area contributed by atoms with Crippen LogP contribution in [0.2, 0.25) is 0 Å². The number of hydrogen-bond donors (Lipinski definition) is 1. The average Bonchev–Trinajstić information content (AvgIpc) is 3.17. The second-order valence-corrected chi connectivity index (χ2v) is 6.22. The zero-order valence-corrected chi connectivity index (χ0v) is 12.8. The van der Waals surface area contributed by atoms with Crippen LogP contribution < -0.4 is 5.32 Å². The van der Waals surface area contributed by atoms with Crippen molar-refractivity contribution < 1.29 is 4.39 Å². The van der Waals surface area contributed by atoms with Crippen LogP contribution in [0.5, 0.6) is 0 Å². The van der Waals surface area contributed by atoms with Gasteiger partial charge in [0.15, 0.2) is 4.34 Å². The topological polar surface area (TPSA) is 55.6 Å². The number of nitrogens with zero attached hydrogens (tertiary/aromatic N) is 4. The molecule has 1 aromatic carbocycles. The highest BCUT2D eigenvalue weighted by molar-refractivity contribution is 8.00. The molecule has 0 bridgehead atoms. The molecule has 0 spiro atoms. The summed E-state index contributed by atoms with van der Waals surface area (Å²) in [6, 6.07) is 6.69. The predicted molar refractivity (Wildman–Crippen MR) is 82.5 cm³/mol. The van der Waals surface area contributed by atoms with E-state index in [0.29, 0.717) is 17.9 Å². The Hall–Kier alpha value is -1.93. The van der Waals surface area contributed by atoms with E-state index in [2.05, 4.69) is 20.6 Å². The molecule has 3 rings (SSSR count). The minimum atomic E-state index is -0.322. The van der Waals surface area contributed by atoms with E-state index < -0.39 is 0 Å². The lowest BCUT2D eigenvalue weighted by atomic mass is 10.2. The summed E-state index contributed by atoms with van der Waals surface area (Å²) in [4.78, 5) is 0. The molecule has 0 saturated carbocycles. The summed E-state index contributed by atoms with van der Waals surface area (Å²) >= 11 is 3.04. The van der Waals surface area contributed by atoms with E-state index in [4.69, 9.17) is 0 Å². The second kappa shape index (κ2) is 6.23. The van der Waals surface area contributed by atoms with Gasteiger partial charge in [-0.1, -0.05) is 29.2 Å². The molecule has 0 atom stereocenters. The highest BCUT2D eigenvalue weighted by Crippen LogP contribution is 2.25. The fraction of sp³-hybridized carbons (Fsp3) is 0.154. The van der Waals surface area contributed by atoms with Gasteiger partial charge in [-0.15, -0.1) is 10.2 Å². The Labute approximate surface area is 129 Å². The van der Waals surface area contributed by atoms with E-state index >= 15 is 0 Å². The highest BCUT2D eigenvalue weighted by Gasteiger charge is 2.11. The van der Waals surface area contributed by atoms with Crippen molar-refractivity contribution >= 4 is 28.8 Å². The summed E-state index contributed by atoms with van der Waals surface area (Å²) in [6.07, 6.45) is 5.38. The van der Waals surface area contributed by atoms with Crippen LogP contribution in [0.15, 0.2) is 41.0 Å². The third-order valence-electron chi connectivity index (χ3n) is 2.78. The maximum Gasteiger partial charge on any atom is 0.174 e. The molecule has 0 fully saturated rings. The van der Waals surface area contributed by atoms with Crippen LogP contribution in [0.3, 0.4) is 0 Å². The van der Waals surface area contributed by atoms with Crippen molar-refractivity contribution in [3.05, 3.63) is 47.5 Å². The Kier molecular flexibility index (Phi) is 4.16. The van der Waals surface area contributed by atoms with Gasteiger partial charge in [-0.2, -0.15) is 5.10 Å². The van der Waals surface area contributed by atoms with Gasteiger partial charge >= 0.3 is 0 Å². The van der Waals surface area contributed by atoms with E-state index in [-0.39, 0.29) is 5.82 Å². The van der Waals surface area contributed by atoms with Crippen LogP contribution in [-0.4, -0.2) is 26.2 Å². The lowest BCUT2D eigenvalue weighted by molar-refractivity contribution is 0.628. The number of para-hydroxylation sites is 1. The van der Waals surface area contributed by atoms with E-state index in [1.54, 1.807) is 41.0 Å². The van der Waals surface area contributed by atoms with Crippen molar-refractivity contribution in [1.29, 1.82) is 0 Å². The number of rotatable bonds is 5. The SMILES string of the molecule is CSc1nnc(CNc2c(F)cccc2-n2cccn2)s1. The summed E-state index contributed by atoms with van der Waals surface area (Å²) in [5, 5.41) is 16.1. The summed E-state index contributed by atoms with van der Waals surface area (Å²) in [5.74, 6) is -0.322. The molecule has 0 unspecified atom stereocenters. The zero-order valence-electron chi connectivity index (χ0n) is 11.2. The molecule has 0 aliphatic rings. The maximum atomic E-state index is 14.1. The van der Waals surface area contributed by atoms with Crippen molar-refractivity contribution in [3.63, 3.8) is 0 Å². The third kappa shape index (κ3) is 3.06. The molecule has 21 heavy (non-hydrogen) atoms. The normalized spacial score (nSPS) is 10.8. The first-order chi connectivity index (χ1) is 10.3. The zero-order chi connectivity index (χ0) is 14.7. The molecule has 3 aromatic rings. The van der Waals surface area contributed by atoms with E-state index in [9.17, 15) is 4.39 Å². The monoisotopic (exact) mass is 321 g/mol. The smallest absolute Gasteiger partial charge is 0.174 e. The molecule has 8 heteroatoms. The molecule has 5 nitrogen and oxygen atoms in total. The Morgan fingerprint density at radius 1 is 1.33 bits per heavy atom. The number of benzene rings is 1. The first-order valence-corrected chi connectivity index (χ1v) is 8.21. The standard InChI is InChI=1S/C13H12FN5S2/c1-20-13-18-17-11(21-13)8-15-12-9(14)4-2-5-10(12)19-7-3-6-16-19/h2-7,15H,8H2,1H3. The maximum absolute atomic E-state index is 14.1. The summed E-state index contributed by atoms with van der Waals surface area (Å²) in [5.41, 5.74) is 1.07. The molecule has 1 N–H and O–H groups in total. The van der Waals surface area contributed by atoms with Crippen LogP contribution in [0.1, 0.15) is 5.01 Å². The molecular weight excluding hydrogens is 309 g/mol. The number of halogens is 1. The number of aromatic nitrogens is 4. The number of nitrogens with one attached hydrogen (secondary N) is 1. The lowest BCUT2D eigenvalue weighted by Crippen LogP contribution is -2.07. The van der Waals surface area contributed by atoms with Crippen LogP contribution in [0.4, 0.5) is 10.1 Å². The molecule has 0 saturated heterocycles. The minimum Gasteiger partial charge on any atom is -0.374 e. The predicted octanol–water partition coefficient (Wildman–Crippen LogP) is 3.20. The second-order valence-electron chi connectivity index (χ2n) is 4.10. The van der Waals surface area contributed by atoms with Gasteiger partial charge in [-0.25, -0.2) is 9.07 Å². The van der Waals surface area contributed by atoms with Crippen LogP contribution in [-0.2, 0) is 6.54 Å². The van der Waals surface area contributed by atoms with E-state index in [1.165, 1.54) is 17.4 Å². The van der Waals surface area contributed by atoms with Gasteiger partial charge < -0.3 is 5.32 Å². The molecular formula is C13H12FN5S2. The fourth-order valence-corrected chi connectivity index (χ4v) is 3.10.